The van der Waals surface area contributed by atoms with Gasteiger partial charge in [0.05, 0.1) is 5.56 Å². The van der Waals surface area contributed by atoms with Crippen molar-refractivity contribution in [3.63, 3.8) is 0 Å². The smallest absolute Gasteiger partial charge is 0.268 e. The summed E-state index contributed by atoms with van der Waals surface area (Å²) in [7, 11) is -4.88. The molecule has 0 radical (unpaired) electrons. The average Bonchev–Trinajstić information content (AvgIpc) is 2.46. The van der Waals surface area contributed by atoms with Gasteiger partial charge in [0.15, 0.2) is 0 Å². The number of sulfonamides is 1. The summed E-state index contributed by atoms with van der Waals surface area (Å²) in [5.74, 6) is -0.384. The first-order valence-corrected chi connectivity index (χ1v) is 8.07. The standard InChI is InChI=1S/C10H11NO4S2/c1-16(13)7-6-11-10(12)8-4-2-3-5-9(8)17(11,14)15/h2-5H,6-7H2,1H3. The lowest BCUT2D eigenvalue weighted by molar-refractivity contribution is 0.0876. The van der Waals surface area contributed by atoms with Gasteiger partial charge in [-0.3, -0.25) is 9.00 Å². The van der Waals surface area contributed by atoms with Crippen molar-refractivity contribution in [1.82, 2.24) is 4.31 Å². The van der Waals surface area contributed by atoms with Crippen molar-refractivity contribution in [3.05, 3.63) is 29.8 Å². The molecular formula is C10H11NO4S2. The normalized spacial score (nSPS) is 19.1. The molecule has 0 aromatic heterocycles. The van der Waals surface area contributed by atoms with Crippen molar-refractivity contribution >= 4 is 26.7 Å². The van der Waals surface area contributed by atoms with Gasteiger partial charge in [0.25, 0.3) is 15.9 Å². The van der Waals surface area contributed by atoms with Gasteiger partial charge in [-0.2, -0.15) is 0 Å². The molecular weight excluding hydrogens is 262 g/mol. The number of carbonyl (C=O) groups is 1. The van der Waals surface area contributed by atoms with Crippen LogP contribution in [-0.2, 0) is 20.8 Å². The van der Waals surface area contributed by atoms with E-state index in [0.717, 1.165) is 4.31 Å². The second kappa shape index (κ2) is 4.23. The van der Waals surface area contributed by atoms with Crippen molar-refractivity contribution in [2.45, 2.75) is 4.90 Å². The first kappa shape index (κ1) is 12.3. The van der Waals surface area contributed by atoms with Crippen molar-refractivity contribution < 1.29 is 17.4 Å². The van der Waals surface area contributed by atoms with Crippen LogP contribution in [0.4, 0.5) is 0 Å². The highest BCUT2D eigenvalue weighted by Gasteiger charge is 2.40. The number of amides is 1. The maximum Gasteiger partial charge on any atom is 0.269 e. The Morgan fingerprint density at radius 3 is 2.53 bits per heavy atom. The molecule has 5 nitrogen and oxygen atoms in total. The Balaban J connectivity index is 2.41. The van der Waals surface area contributed by atoms with E-state index in [9.17, 15) is 17.4 Å². The van der Waals surface area contributed by atoms with E-state index in [2.05, 4.69) is 0 Å². The van der Waals surface area contributed by atoms with E-state index in [-0.39, 0.29) is 22.8 Å². The summed E-state index contributed by atoms with van der Waals surface area (Å²) in [6.07, 6.45) is 1.47. The molecule has 1 aliphatic rings. The monoisotopic (exact) mass is 273 g/mol. The third-order valence-electron chi connectivity index (χ3n) is 2.49. The van der Waals surface area contributed by atoms with Gasteiger partial charge in [-0.05, 0) is 12.1 Å². The Morgan fingerprint density at radius 1 is 1.29 bits per heavy atom. The van der Waals surface area contributed by atoms with Crippen LogP contribution in [0.25, 0.3) is 0 Å². The van der Waals surface area contributed by atoms with Gasteiger partial charge < -0.3 is 0 Å². The summed E-state index contributed by atoms with van der Waals surface area (Å²) in [6, 6.07) is 6.09. The first-order valence-electron chi connectivity index (χ1n) is 4.90. The third kappa shape index (κ3) is 2.00. The zero-order valence-corrected chi connectivity index (χ0v) is 10.8. The van der Waals surface area contributed by atoms with Gasteiger partial charge in [-0.1, -0.05) is 12.1 Å². The number of rotatable bonds is 3. The van der Waals surface area contributed by atoms with Crippen molar-refractivity contribution in [3.8, 4) is 0 Å². The zero-order valence-electron chi connectivity index (χ0n) is 9.12. The second-order valence-corrected chi connectivity index (χ2v) is 7.04. The molecule has 0 bridgehead atoms. The molecule has 0 saturated heterocycles. The highest BCUT2D eigenvalue weighted by Crippen LogP contribution is 2.29. The summed E-state index contributed by atoms with van der Waals surface area (Å²) in [4.78, 5) is 11.9. The van der Waals surface area contributed by atoms with Crippen LogP contribution in [0.3, 0.4) is 0 Å². The first-order chi connectivity index (χ1) is 7.94. The van der Waals surface area contributed by atoms with Crippen molar-refractivity contribution in [2.75, 3.05) is 18.6 Å². The molecule has 0 saturated carbocycles. The van der Waals surface area contributed by atoms with Gasteiger partial charge in [0, 0.05) is 29.4 Å². The molecule has 92 valence electrons. The Hall–Kier alpha value is -1.21. The third-order valence-corrected chi connectivity index (χ3v) is 5.09. The van der Waals surface area contributed by atoms with Gasteiger partial charge in [-0.15, -0.1) is 0 Å². The maximum atomic E-state index is 12.0. The Labute approximate surface area is 102 Å². The summed E-state index contributed by atoms with van der Waals surface area (Å²) >= 11 is 0. The second-order valence-electron chi connectivity index (χ2n) is 3.66. The summed E-state index contributed by atoms with van der Waals surface area (Å²) < 4.78 is 35.8. The summed E-state index contributed by atoms with van der Waals surface area (Å²) in [5.41, 5.74) is 0.189. The zero-order chi connectivity index (χ0) is 12.6. The van der Waals surface area contributed by atoms with E-state index in [1.54, 1.807) is 12.1 Å². The average molecular weight is 273 g/mol. The van der Waals surface area contributed by atoms with E-state index in [0.29, 0.717) is 0 Å². The fraction of sp³-hybridized carbons (Fsp3) is 0.300. The number of nitrogens with zero attached hydrogens (tertiary/aromatic N) is 1. The molecule has 0 N–H and O–H groups in total. The van der Waals surface area contributed by atoms with Crippen molar-refractivity contribution in [1.29, 1.82) is 0 Å². The van der Waals surface area contributed by atoms with Crippen LogP contribution in [0, 0.1) is 0 Å². The molecule has 1 aromatic rings. The van der Waals surface area contributed by atoms with Crippen LogP contribution >= 0.6 is 0 Å². The van der Waals surface area contributed by atoms with Crippen molar-refractivity contribution in [2.24, 2.45) is 0 Å². The van der Waals surface area contributed by atoms with Crippen LogP contribution < -0.4 is 0 Å². The molecule has 0 spiro atoms. The van der Waals surface area contributed by atoms with Crippen LogP contribution in [0.15, 0.2) is 29.2 Å². The van der Waals surface area contributed by atoms with Gasteiger partial charge in [0.2, 0.25) is 0 Å². The van der Waals surface area contributed by atoms with Gasteiger partial charge in [-0.25, -0.2) is 12.7 Å². The lowest BCUT2D eigenvalue weighted by Gasteiger charge is -2.13. The van der Waals surface area contributed by atoms with E-state index in [4.69, 9.17) is 0 Å². The predicted octanol–water partition coefficient (Wildman–Crippen LogP) is 0.210. The molecule has 0 fully saturated rings. The van der Waals surface area contributed by atoms with Crippen LogP contribution in [0.1, 0.15) is 10.4 Å². The number of hydrogen-bond donors (Lipinski definition) is 0. The fourth-order valence-electron chi connectivity index (χ4n) is 1.66. The minimum absolute atomic E-state index is 0.0342. The lowest BCUT2D eigenvalue weighted by Crippen LogP contribution is -2.33. The maximum absolute atomic E-state index is 12.0. The minimum atomic E-state index is -3.74. The number of fused-ring (bicyclic) bond motifs is 1. The molecule has 2 rings (SSSR count). The fourth-order valence-corrected chi connectivity index (χ4v) is 3.79. The molecule has 1 unspecified atom stereocenters. The van der Waals surface area contributed by atoms with Crippen LogP contribution in [-0.4, -0.2) is 41.4 Å². The van der Waals surface area contributed by atoms with Crippen LogP contribution in [0.5, 0.6) is 0 Å². The summed E-state index contributed by atoms with van der Waals surface area (Å²) in [6.45, 7) is -0.0427. The number of benzene rings is 1. The SMILES string of the molecule is CS(=O)CCN1C(=O)c2ccccc2S1(=O)=O. The largest absolute Gasteiger partial charge is 0.269 e. The molecule has 1 aliphatic heterocycles. The van der Waals surface area contributed by atoms with Crippen LogP contribution in [0.2, 0.25) is 0 Å². The molecule has 1 heterocycles. The molecule has 1 atom stereocenters. The number of carbonyl (C=O) groups excluding carboxylic acids is 1. The quantitative estimate of drug-likeness (QED) is 0.789. The Morgan fingerprint density at radius 2 is 1.94 bits per heavy atom. The van der Waals surface area contributed by atoms with E-state index in [1.807, 2.05) is 0 Å². The lowest BCUT2D eigenvalue weighted by atomic mass is 10.2. The molecule has 0 aliphatic carbocycles. The minimum Gasteiger partial charge on any atom is -0.268 e. The van der Waals surface area contributed by atoms with Gasteiger partial charge >= 0.3 is 0 Å². The highest BCUT2D eigenvalue weighted by atomic mass is 32.2. The predicted molar refractivity (Wildman–Crippen MR) is 63.6 cm³/mol. The van der Waals surface area contributed by atoms with E-state index in [1.165, 1.54) is 18.4 Å². The van der Waals surface area contributed by atoms with E-state index < -0.39 is 26.7 Å². The molecule has 17 heavy (non-hydrogen) atoms. The Bertz CT molecular complexity index is 594. The molecule has 7 heteroatoms. The highest BCUT2D eigenvalue weighted by molar-refractivity contribution is 7.90. The Kier molecular flexibility index (Phi) is 3.05. The topological polar surface area (TPSA) is 71.5 Å². The number of hydrogen-bond acceptors (Lipinski definition) is 4. The summed E-state index contributed by atoms with van der Waals surface area (Å²) in [5, 5.41) is 0. The molecule has 1 aromatic carbocycles. The van der Waals surface area contributed by atoms with Gasteiger partial charge in [0.1, 0.15) is 4.90 Å². The molecule has 1 amide bonds. The van der Waals surface area contributed by atoms with E-state index >= 15 is 0 Å².